The highest BCUT2D eigenvalue weighted by molar-refractivity contribution is 7.14. The number of amides is 1. The summed E-state index contributed by atoms with van der Waals surface area (Å²) in [4.78, 5) is 18.2. The molecule has 6 nitrogen and oxygen atoms in total. The van der Waals surface area contributed by atoms with Crippen LogP contribution in [0.5, 0.6) is 5.75 Å². The average Bonchev–Trinajstić information content (AvgIpc) is 3.17. The Labute approximate surface area is 161 Å². The SMILES string of the molecule is CCN1C(=O)COc2ccc(C=NNc3nc(-c4ccccc4)cs3)cc21. The summed E-state index contributed by atoms with van der Waals surface area (Å²) in [7, 11) is 0. The van der Waals surface area contributed by atoms with Gasteiger partial charge in [-0.2, -0.15) is 5.10 Å². The molecule has 0 radical (unpaired) electrons. The molecule has 27 heavy (non-hydrogen) atoms. The van der Waals surface area contributed by atoms with Gasteiger partial charge < -0.3 is 9.64 Å². The highest BCUT2D eigenvalue weighted by Gasteiger charge is 2.24. The van der Waals surface area contributed by atoms with Crippen molar-refractivity contribution in [1.82, 2.24) is 4.98 Å². The van der Waals surface area contributed by atoms with E-state index >= 15 is 0 Å². The van der Waals surface area contributed by atoms with E-state index in [9.17, 15) is 4.79 Å². The van der Waals surface area contributed by atoms with Crippen LogP contribution >= 0.6 is 11.3 Å². The van der Waals surface area contributed by atoms with Crippen LogP contribution in [0.15, 0.2) is 59.0 Å². The lowest BCUT2D eigenvalue weighted by atomic mass is 10.1. The number of anilines is 2. The van der Waals surface area contributed by atoms with Crippen LogP contribution in [-0.4, -0.2) is 30.3 Å². The molecule has 0 bridgehead atoms. The summed E-state index contributed by atoms with van der Waals surface area (Å²) in [5, 5.41) is 6.98. The summed E-state index contributed by atoms with van der Waals surface area (Å²) < 4.78 is 5.48. The van der Waals surface area contributed by atoms with Crippen molar-refractivity contribution in [1.29, 1.82) is 0 Å². The van der Waals surface area contributed by atoms with E-state index in [0.717, 1.165) is 27.6 Å². The first-order valence-corrected chi connectivity index (χ1v) is 9.50. The number of benzene rings is 2. The number of nitrogens with one attached hydrogen (secondary N) is 1. The van der Waals surface area contributed by atoms with Crippen LogP contribution in [0.3, 0.4) is 0 Å². The van der Waals surface area contributed by atoms with Crippen molar-refractivity contribution < 1.29 is 9.53 Å². The Hall–Kier alpha value is -3.19. The summed E-state index contributed by atoms with van der Waals surface area (Å²) in [5.41, 5.74) is 6.60. The number of hydrogen-bond donors (Lipinski definition) is 1. The lowest BCUT2D eigenvalue weighted by Gasteiger charge is -2.28. The van der Waals surface area contributed by atoms with Crippen molar-refractivity contribution in [3.05, 3.63) is 59.5 Å². The zero-order chi connectivity index (χ0) is 18.6. The number of carbonyl (C=O) groups is 1. The van der Waals surface area contributed by atoms with Crippen LogP contribution in [-0.2, 0) is 4.79 Å². The van der Waals surface area contributed by atoms with Gasteiger partial charge in [0.15, 0.2) is 6.61 Å². The third-order valence-electron chi connectivity index (χ3n) is 4.19. The molecule has 136 valence electrons. The van der Waals surface area contributed by atoms with Crippen LogP contribution in [0.1, 0.15) is 12.5 Å². The second-order valence-electron chi connectivity index (χ2n) is 5.93. The molecule has 1 aliphatic rings. The first-order chi connectivity index (χ1) is 13.2. The van der Waals surface area contributed by atoms with Gasteiger partial charge in [0, 0.05) is 17.5 Å². The molecule has 3 aromatic rings. The molecule has 4 rings (SSSR count). The number of thiazole rings is 1. The molecule has 0 aliphatic carbocycles. The van der Waals surface area contributed by atoms with Crippen LogP contribution in [0.2, 0.25) is 0 Å². The molecule has 1 N–H and O–H groups in total. The van der Waals surface area contributed by atoms with E-state index in [2.05, 4.69) is 15.5 Å². The second kappa shape index (κ2) is 7.59. The first kappa shape index (κ1) is 17.2. The van der Waals surface area contributed by atoms with E-state index in [4.69, 9.17) is 4.74 Å². The van der Waals surface area contributed by atoms with Gasteiger partial charge in [0.1, 0.15) is 5.75 Å². The predicted octanol–water partition coefficient (Wildman–Crippen LogP) is 4.00. The zero-order valence-electron chi connectivity index (χ0n) is 14.8. The molecule has 0 saturated carbocycles. The molecule has 1 amide bonds. The lowest BCUT2D eigenvalue weighted by molar-refractivity contribution is -0.121. The highest BCUT2D eigenvalue weighted by atomic mass is 32.1. The van der Waals surface area contributed by atoms with Gasteiger partial charge in [0.05, 0.1) is 17.6 Å². The second-order valence-corrected chi connectivity index (χ2v) is 6.79. The first-order valence-electron chi connectivity index (χ1n) is 8.62. The van der Waals surface area contributed by atoms with Crippen molar-refractivity contribution in [2.24, 2.45) is 5.10 Å². The Bertz CT molecular complexity index is 985. The van der Waals surface area contributed by atoms with Crippen molar-refractivity contribution in [2.75, 3.05) is 23.5 Å². The normalized spacial score (nSPS) is 13.5. The summed E-state index contributed by atoms with van der Waals surface area (Å²) in [6.45, 7) is 2.64. The monoisotopic (exact) mass is 378 g/mol. The molecule has 0 unspecified atom stereocenters. The molecule has 0 saturated heterocycles. The molecule has 1 aliphatic heterocycles. The molecule has 2 aromatic carbocycles. The van der Waals surface area contributed by atoms with Gasteiger partial charge >= 0.3 is 0 Å². The van der Waals surface area contributed by atoms with Gasteiger partial charge in [0.2, 0.25) is 5.13 Å². The van der Waals surface area contributed by atoms with Crippen LogP contribution in [0, 0.1) is 0 Å². The van der Waals surface area contributed by atoms with Crippen molar-refractivity contribution in [2.45, 2.75) is 6.92 Å². The van der Waals surface area contributed by atoms with Crippen molar-refractivity contribution >= 4 is 34.3 Å². The third-order valence-corrected chi connectivity index (χ3v) is 4.94. The largest absolute Gasteiger partial charge is 0.482 e. The van der Waals surface area contributed by atoms with E-state index in [1.165, 1.54) is 11.3 Å². The maximum Gasteiger partial charge on any atom is 0.265 e. The average molecular weight is 378 g/mol. The number of hydrazone groups is 1. The van der Waals surface area contributed by atoms with Crippen LogP contribution in [0.25, 0.3) is 11.3 Å². The third kappa shape index (κ3) is 3.68. The fraction of sp³-hybridized carbons (Fsp3) is 0.150. The minimum Gasteiger partial charge on any atom is -0.482 e. The van der Waals surface area contributed by atoms with Crippen molar-refractivity contribution in [3.63, 3.8) is 0 Å². The lowest BCUT2D eigenvalue weighted by Crippen LogP contribution is -2.38. The van der Waals surface area contributed by atoms with E-state index in [-0.39, 0.29) is 12.5 Å². The summed E-state index contributed by atoms with van der Waals surface area (Å²) in [6, 6.07) is 15.7. The fourth-order valence-corrected chi connectivity index (χ4v) is 3.54. The van der Waals surface area contributed by atoms with Gasteiger partial charge in [-0.15, -0.1) is 11.3 Å². The number of fused-ring (bicyclic) bond motifs is 1. The number of carbonyl (C=O) groups excluding carboxylic acids is 1. The Balaban J connectivity index is 1.47. The summed E-state index contributed by atoms with van der Waals surface area (Å²) in [5.74, 6) is 0.683. The highest BCUT2D eigenvalue weighted by Crippen LogP contribution is 2.32. The molecular formula is C20H18N4O2S. The number of nitrogens with zero attached hydrogens (tertiary/aromatic N) is 3. The van der Waals surface area contributed by atoms with Crippen molar-refractivity contribution in [3.8, 4) is 17.0 Å². The Morgan fingerprint density at radius 1 is 1.30 bits per heavy atom. The predicted molar refractivity (Wildman–Crippen MR) is 109 cm³/mol. The summed E-state index contributed by atoms with van der Waals surface area (Å²) >= 11 is 1.50. The topological polar surface area (TPSA) is 66.8 Å². The number of rotatable bonds is 5. The molecule has 2 heterocycles. The smallest absolute Gasteiger partial charge is 0.265 e. The fourth-order valence-electron chi connectivity index (χ4n) is 2.87. The molecule has 0 spiro atoms. The van der Waals surface area contributed by atoms with Gasteiger partial charge in [-0.25, -0.2) is 4.98 Å². The number of aromatic nitrogens is 1. The Morgan fingerprint density at radius 2 is 2.15 bits per heavy atom. The van der Waals surface area contributed by atoms with E-state index in [1.807, 2.05) is 60.8 Å². The molecule has 0 fully saturated rings. The van der Waals surface area contributed by atoms with Gasteiger partial charge in [-0.1, -0.05) is 30.3 Å². The number of likely N-dealkylation sites (N-methyl/N-ethyl adjacent to an activating group) is 1. The quantitative estimate of drug-likeness (QED) is 0.538. The van der Waals surface area contributed by atoms with Gasteiger partial charge in [-0.05, 0) is 30.7 Å². The molecule has 7 heteroatoms. The van der Waals surface area contributed by atoms with Gasteiger partial charge in [0.25, 0.3) is 5.91 Å². The van der Waals surface area contributed by atoms with E-state index < -0.39 is 0 Å². The molecular weight excluding hydrogens is 360 g/mol. The van der Waals surface area contributed by atoms with Crippen LogP contribution in [0.4, 0.5) is 10.8 Å². The zero-order valence-corrected chi connectivity index (χ0v) is 15.6. The molecule has 0 atom stereocenters. The Kier molecular flexibility index (Phi) is 4.84. The number of ether oxygens (including phenoxy) is 1. The molecule has 1 aromatic heterocycles. The number of hydrogen-bond acceptors (Lipinski definition) is 6. The minimum atomic E-state index is -0.0339. The van der Waals surface area contributed by atoms with Gasteiger partial charge in [-0.3, -0.25) is 10.2 Å². The summed E-state index contributed by atoms with van der Waals surface area (Å²) in [6.07, 6.45) is 1.71. The Morgan fingerprint density at radius 3 is 2.96 bits per heavy atom. The van der Waals surface area contributed by atoms with E-state index in [0.29, 0.717) is 12.3 Å². The van der Waals surface area contributed by atoms with E-state index in [1.54, 1.807) is 11.1 Å². The standard InChI is InChI=1S/C20H18N4O2S/c1-2-24-17-10-14(8-9-18(17)26-12-19(24)25)11-21-23-20-22-16(13-27-20)15-6-4-3-5-7-15/h3-11,13H,2,12H2,1H3,(H,22,23). The maximum absolute atomic E-state index is 12.0. The maximum atomic E-state index is 12.0. The minimum absolute atomic E-state index is 0.0339. The van der Waals surface area contributed by atoms with Crippen LogP contribution < -0.4 is 15.1 Å².